The molecule has 2 aromatic rings. The third kappa shape index (κ3) is 4.98. The van der Waals surface area contributed by atoms with Crippen molar-refractivity contribution in [1.29, 1.82) is 0 Å². The first-order chi connectivity index (χ1) is 13.0. The van der Waals surface area contributed by atoms with Crippen LogP contribution in [0.4, 0.5) is 11.8 Å². The molecule has 0 bridgehead atoms. The van der Waals surface area contributed by atoms with E-state index in [1.54, 1.807) is 12.1 Å². The summed E-state index contributed by atoms with van der Waals surface area (Å²) in [5.41, 5.74) is 0.820. The van der Waals surface area contributed by atoms with E-state index >= 15 is 0 Å². The minimum absolute atomic E-state index is 0.138. The number of anilines is 2. The second-order valence-electron chi connectivity index (χ2n) is 5.88. The fraction of sp³-hybridized carbons (Fsp3) is 0.412. The molecule has 0 radical (unpaired) electrons. The third-order valence-electron chi connectivity index (χ3n) is 3.74. The van der Waals surface area contributed by atoms with Gasteiger partial charge in [0, 0.05) is 37.5 Å². The summed E-state index contributed by atoms with van der Waals surface area (Å²) < 4.78 is 38.3. The highest BCUT2D eigenvalue weighted by molar-refractivity contribution is 7.89. The van der Waals surface area contributed by atoms with E-state index in [1.807, 2.05) is 13.8 Å². The number of rotatable bonds is 8. The summed E-state index contributed by atoms with van der Waals surface area (Å²) in [7, 11) is -3.64. The van der Waals surface area contributed by atoms with Crippen LogP contribution >= 0.6 is 0 Å². The molecule has 0 saturated carbocycles. The summed E-state index contributed by atoms with van der Waals surface area (Å²) in [5.74, 6) is 2.17. The van der Waals surface area contributed by atoms with Crippen LogP contribution in [0.1, 0.15) is 12.6 Å². The van der Waals surface area contributed by atoms with Gasteiger partial charge in [-0.25, -0.2) is 18.1 Å². The van der Waals surface area contributed by atoms with Crippen LogP contribution in [-0.2, 0) is 10.0 Å². The smallest absolute Gasteiger partial charge is 0.240 e. The Morgan fingerprint density at radius 1 is 1.04 bits per heavy atom. The number of ether oxygens (including phenoxy) is 2. The summed E-state index contributed by atoms with van der Waals surface area (Å²) in [6, 6.07) is 6.38. The van der Waals surface area contributed by atoms with E-state index in [0.717, 1.165) is 12.2 Å². The fourth-order valence-electron chi connectivity index (χ4n) is 2.55. The van der Waals surface area contributed by atoms with Gasteiger partial charge in [-0.05, 0) is 26.0 Å². The van der Waals surface area contributed by atoms with Crippen LogP contribution in [0, 0.1) is 6.92 Å². The molecule has 0 saturated heterocycles. The Kier molecular flexibility index (Phi) is 5.97. The second kappa shape index (κ2) is 8.40. The lowest BCUT2D eigenvalue weighted by Crippen LogP contribution is -2.29. The Hall–Kier alpha value is -2.59. The molecule has 1 aromatic heterocycles. The molecule has 27 heavy (non-hydrogen) atoms. The normalized spacial score (nSPS) is 13.3. The fourth-order valence-corrected chi connectivity index (χ4v) is 3.59. The molecule has 0 aliphatic carbocycles. The lowest BCUT2D eigenvalue weighted by Gasteiger charge is -2.19. The third-order valence-corrected chi connectivity index (χ3v) is 5.19. The summed E-state index contributed by atoms with van der Waals surface area (Å²) in [5, 5.41) is 6.15. The first-order valence-electron chi connectivity index (χ1n) is 8.70. The summed E-state index contributed by atoms with van der Waals surface area (Å²) in [4.78, 5) is 8.73. The number of nitrogens with zero attached hydrogens (tertiary/aromatic N) is 2. The van der Waals surface area contributed by atoms with E-state index in [4.69, 9.17) is 9.47 Å². The number of nitrogens with one attached hydrogen (secondary N) is 3. The summed E-state index contributed by atoms with van der Waals surface area (Å²) in [6.45, 7) is 6.01. The van der Waals surface area contributed by atoms with E-state index in [2.05, 4.69) is 25.3 Å². The Morgan fingerprint density at radius 2 is 1.81 bits per heavy atom. The quantitative estimate of drug-likeness (QED) is 0.576. The molecule has 9 nitrogen and oxygen atoms in total. The maximum atomic E-state index is 12.5. The molecule has 1 aliphatic rings. The lowest BCUT2D eigenvalue weighted by atomic mass is 10.3. The highest BCUT2D eigenvalue weighted by atomic mass is 32.2. The SMILES string of the molecule is CCNc1nc(C)cc(NCCNS(=O)(=O)c2ccc3c(c2)OCCO3)n1. The molecule has 0 amide bonds. The molecular weight excluding hydrogens is 370 g/mol. The zero-order valence-electron chi connectivity index (χ0n) is 15.3. The van der Waals surface area contributed by atoms with E-state index in [9.17, 15) is 8.42 Å². The van der Waals surface area contributed by atoms with Gasteiger partial charge in [-0.2, -0.15) is 4.98 Å². The number of hydrogen-bond acceptors (Lipinski definition) is 8. The number of sulfonamides is 1. The van der Waals surface area contributed by atoms with Crippen molar-refractivity contribution in [3.63, 3.8) is 0 Å². The predicted octanol–water partition coefficient (Wildman–Crippen LogP) is 1.38. The predicted molar refractivity (Wildman–Crippen MR) is 102 cm³/mol. The average molecular weight is 393 g/mol. The van der Waals surface area contributed by atoms with Crippen molar-refractivity contribution in [2.45, 2.75) is 18.7 Å². The summed E-state index contributed by atoms with van der Waals surface area (Å²) >= 11 is 0. The largest absolute Gasteiger partial charge is 0.486 e. The first kappa shape index (κ1) is 19.2. The lowest BCUT2D eigenvalue weighted by molar-refractivity contribution is 0.171. The minimum atomic E-state index is -3.64. The van der Waals surface area contributed by atoms with Crippen LogP contribution in [0.15, 0.2) is 29.2 Å². The molecule has 2 heterocycles. The van der Waals surface area contributed by atoms with E-state index in [-0.39, 0.29) is 11.4 Å². The van der Waals surface area contributed by atoms with E-state index in [0.29, 0.717) is 43.0 Å². The van der Waals surface area contributed by atoms with Crippen molar-refractivity contribution in [2.24, 2.45) is 0 Å². The molecule has 10 heteroatoms. The zero-order chi connectivity index (χ0) is 19.3. The number of aromatic nitrogens is 2. The minimum Gasteiger partial charge on any atom is -0.486 e. The Labute approximate surface area is 158 Å². The van der Waals surface area contributed by atoms with Gasteiger partial charge in [-0.3, -0.25) is 0 Å². The van der Waals surface area contributed by atoms with Crippen LogP contribution in [0.25, 0.3) is 0 Å². The van der Waals surface area contributed by atoms with Crippen molar-refractivity contribution in [2.75, 3.05) is 43.5 Å². The topological polar surface area (TPSA) is 114 Å². The maximum absolute atomic E-state index is 12.5. The Bertz CT molecular complexity index is 904. The van der Waals surface area contributed by atoms with E-state index < -0.39 is 10.0 Å². The molecule has 1 aliphatic heterocycles. The van der Waals surface area contributed by atoms with Gasteiger partial charge in [-0.15, -0.1) is 0 Å². The monoisotopic (exact) mass is 393 g/mol. The number of benzene rings is 1. The number of aryl methyl sites for hydroxylation is 1. The molecule has 0 unspecified atom stereocenters. The van der Waals surface area contributed by atoms with Crippen molar-refractivity contribution in [3.8, 4) is 11.5 Å². The van der Waals surface area contributed by atoms with Crippen LogP contribution in [0.5, 0.6) is 11.5 Å². The van der Waals surface area contributed by atoms with Gasteiger partial charge in [0.05, 0.1) is 4.90 Å². The first-order valence-corrected chi connectivity index (χ1v) is 10.2. The van der Waals surface area contributed by atoms with Crippen LogP contribution in [0.3, 0.4) is 0 Å². The average Bonchev–Trinajstić information content (AvgIpc) is 2.65. The second-order valence-corrected chi connectivity index (χ2v) is 7.65. The van der Waals surface area contributed by atoms with Crippen LogP contribution < -0.4 is 24.8 Å². The van der Waals surface area contributed by atoms with Gasteiger partial charge in [0.2, 0.25) is 16.0 Å². The van der Waals surface area contributed by atoms with Gasteiger partial charge in [0.15, 0.2) is 11.5 Å². The van der Waals surface area contributed by atoms with E-state index in [1.165, 1.54) is 12.1 Å². The van der Waals surface area contributed by atoms with Gasteiger partial charge in [-0.1, -0.05) is 0 Å². The molecule has 1 aromatic carbocycles. The zero-order valence-corrected chi connectivity index (χ0v) is 16.1. The molecule has 3 N–H and O–H groups in total. The van der Waals surface area contributed by atoms with Gasteiger partial charge in [0.25, 0.3) is 0 Å². The molecule has 0 fully saturated rings. The Balaban J connectivity index is 1.57. The summed E-state index contributed by atoms with van der Waals surface area (Å²) in [6.07, 6.45) is 0. The molecule has 146 valence electrons. The van der Waals surface area contributed by atoms with Crippen LogP contribution in [-0.4, -0.2) is 51.2 Å². The standard InChI is InChI=1S/C17H23N5O4S/c1-3-18-17-21-12(2)10-16(22-17)19-6-7-20-27(23,24)13-4-5-14-15(11-13)26-9-8-25-14/h4-5,10-11,20H,3,6-9H2,1-2H3,(H2,18,19,21,22). The van der Waals surface area contributed by atoms with Gasteiger partial charge < -0.3 is 20.1 Å². The maximum Gasteiger partial charge on any atom is 0.240 e. The van der Waals surface area contributed by atoms with Crippen LogP contribution in [0.2, 0.25) is 0 Å². The number of hydrogen-bond donors (Lipinski definition) is 3. The molecule has 3 rings (SSSR count). The van der Waals surface area contributed by atoms with Crippen molar-refractivity contribution < 1.29 is 17.9 Å². The van der Waals surface area contributed by atoms with Crippen molar-refractivity contribution in [3.05, 3.63) is 30.0 Å². The highest BCUT2D eigenvalue weighted by Gasteiger charge is 2.18. The Morgan fingerprint density at radius 3 is 2.59 bits per heavy atom. The number of fused-ring (bicyclic) bond motifs is 1. The van der Waals surface area contributed by atoms with Crippen molar-refractivity contribution in [1.82, 2.24) is 14.7 Å². The van der Waals surface area contributed by atoms with Crippen molar-refractivity contribution >= 4 is 21.8 Å². The van der Waals surface area contributed by atoms with Gasteiger partial charge in [0.1, 0.15) is 19.0 Å². The molecule has 0 spiro atoms. The molecular formula is C17H23N5O4S. The van der Waals surface area contributed by atoms with Gasteiger partial charge >= 0.3 is 0 Å². The highest BCUT2D eigenvalue weighted by Crippen LogP contribution is 2.32. The molecule has 0 atom stereocenters.